The zero-order valence-corrected chi connectivity index (χ0v) is 18.5. The molecule has 0 aromatic heterocycles. The Morgan fingerprint density at radius 3 is 2.59 bits per heavy atom. The molecule has 0 unspecified atom stereocenters. The zero-order valence-electron chi connectivity index (χ0n) is 16.9. The lowest BCUT2D eigenvalue weighted by Gasteiger charge is -2.15. The van der Waals surface area contributed by atoms with E-state index in [1.165, 1.54) is 23.9 Å². The van der Waals surface area contributed by atoms with Gasteiger partial charge in [-0.25, -0.2) is 4.79 Å². The molecule has 168 valence electrons. The van der Waals surface area contributed by atoms with Crippen LogP contribution in [0.4, 0.5) is 11.4 Å². The molecule has 0 radical (unpaired) electrons. The maximum Gasteiger partial charge on any atom is 0.339 e. The minimum absolute atomic E-state index is 0.0175. The summed E-state index contributed by atoms with van der Waals surface area (Å²) in [6.45, 7) is 0.906. The number of anilines is 1. The lowest BCUT2D eigenvalue weighted by Crippen LogP contribution is -2.29. The van der Waals surface area contributed by atoms with Crippen molar-refractivity contribution in [1.29, 1.82) is 0 Å². The van der Waals surface area contributed by atoms with Gasteiger partial charge < -0.3 is 15.0 Å². The number of nitrogens with zero attached hydrogens (tertiary/aromatic N) is 2. The number of nitro groups is 1. The molecule has 32 heavy (non-hydrogen) atoms. The molecule has 0 spiro atoms. The first-order valence-corrected chi connectivity index (χ1v) is 11.1. The van der Waals surface area contributed by atoms with E-state index in [1.807, 2.05) is 0 Å². The zero-order chi connectivity index (χ0) is 23.1. The van der Waals surface area contributed by atoms with Crippen LogP contribution in [0.25, 0.3) is 0 Å². The number of rotatable bonds is 8. The summed E-state index contributed by atoms with van der Waals surface area (Å²) >= 11 is 7.19. The third-order valence-corrected chi connectivity index (χ3v) is 6.07. The number of thioether (sulfide) groups is 1. The minimum Gasteiger partial charge on any atom is -0.452 e. The number of hydrogen-bond donors (Lipinski definition) is 1. The fourth-order valence-electron chi connectivity index (χ4n) is 3.08. The van der Waals surface area contributed by atoms with E-state index in [1.54, 1.807) is 29.2 Å². The van der Waals surface area contributed by atoms with Gasteiger partial charge in [0, 0.05) is 30.1 Å². The van der Waals surface area contributed by atoms with Gasteiger partial charge in [-0.3, -0.25) is 19.7 Å². The van der Waals surface area contributed by atoms with Gasteiger partial charge in [-0.05, 0) is 31.0 Å². The molecule has 1 saturated heterocycles. The van der Waals surface area contributed by atoms with Crippen LogP contribution in [0, 0.1) is 10.1 Å². The molecule has 2 amide bonds. The normalized spacial score (nSPS) is 13.0. The fourth-order valence-corrected chi connectivity index (χ4v) is 4.18. The maximum atomic E-state index is 12.5. The molecule has 0 saturated carbocycles. The number of amides is 2. The Morgan fingerprint density at radius 1 is 1.16 bits per heavy atom. The van der Waals surface area contributed by atoms with Crippen LogP contribution >= 0.6 is 23.4 Å². The number of hydrogen-bond acceptors (Lipinski definition) is 7. The Hall–Kier alpha value is -3.11. The lowest BCUT2D eigenvalue weighted by atomic mass is 10.2. The highest BCUT2D eigenvalue weighted by Crippen LogP contribution is 2.27. The van der Waals surface area contributed by atoms with E-state index in [2.05, 4.69) is 5.32 Å². The molecule has 0 aliphatic carbocycles. The van der Waals surface area contributed by atoms with E-state index in [9.17, 15) is 24.5 Å². The summed E-state index contributed by atoms with van der Waals surface area (Å²) in [7, 11) is 0. The van der Waals surface area contributed by atoms with Crippen molar-refractivity contribution in [3.63, 3.8) is 0 Å². The average molecular weight is 478 g/mol. The molecule has 2 aromatic rings. The van der Waals surface area contributed by atoms with E-state index in [0.29, 0.717) is 4.90 Å². The van der Waals surface area contributed by atoms with Crippen LogP contribution in [0.1, 0.15) is 23.2 Å². The highest BCUT2D eigenvalue weighted by Gasteiger charge is 2.20. The smallest absolute Gasteiger partial charge is 0.339 e. The topological polar surface area (TPSA) is 119 Å². The van der Waals surface area contributed by atoms with E-state index in [4.69, 9.17) is 16.3 Å². The maximum absolute atomic E-state index is 12.5. The first kappa shape index (κ1) is 23.6. The van der Waals surface area contributed by atoms with Gasteiger partial charge in [-0.15, -0.1) is 11.8 Å². The van der Waals surface area contributed by atoms with Gasteiger partial charge >= 0.3 is 5.97 Å². The van der Waals surface area contributed by atoms with Crippen molar-refractivity contribution in [3.05, 3.63) is 63.2 Å². The van der Waals surface area contributed by atoms with E-state index in [-0.39, 0.29) is 33.6 Å². The molecule has 0 bridgehead atoms. The van der Waals surface area contributed by atoms with E-state index >= 15 is 0 Å². The predicted octanol–water partition coefficient (Wildman–Crippen LogP) is 3.76. The molecular weight excluding hydrogens is 458 g/mol. The van der Waals surface area contributed by atoms with Crippen LogP contribution in [-0.2, 0) is 14.3 Å². The second kappa shape index (κ2) is 11.0. The Labute approximate surface area is 193 Å². The van der Waals surface area contributed by atoms with E-state index < -0.39 is 23.4 Å². The van der Waals surface area contributed by atoms with Crippen LogP contribution in [0.15, 0.2) is 47.4 Å². The number of carbonyl (C=O) groups excluding carboxylic acids is 3. The SMILES string of the molecule is O=C(COC(=O)c1ccccc1SCC(=O)N1CCCC1)Nc1cc([N+](=O)[O-])ccc1Cl. The monoisotopic (exact) mass is 477 g/mol. The number of nitrogens with one attached hydrogen (secondary N) is 1. The third-order valence-electron chi connectivity index (χ3n) is 4.69. The molecule has 0 atom stereocenters. The standard InChI is InChI=1S/C21H20ClN3O6S/c22-16-8-7-14(25(29)30)11-17(16)23-19(26)12-31-21(28)15-5-1-2-6-18(15)32-13-20(27)24-9-3-4-10-24/h1-2,5-8,11H,3-4,9-10,12-13H2,(H,23,26). The Balaban J connectivity index is 1.57. The van der Waals surface area contributed by atoms with Crippen molar-refractivity contribution >= 4 is 52.5 Å². The van der Waals surface area contributed by atoms with Crippen molar-refractivity contribution in [2.45, 2.75) is 17.7 Å². The first-order valence-electron chi connectivity index (χ1n) is 9.75. The second-order valence-electron chi connectivity index (χ2n) is 6.92. The number of likely N-dealkylation sites (tertiary alicyclic amines) is 1. The van der Waals surface area contributed by atoms with Gasteiger partial charge in [0.2, 0.25) is 5.91 Å². The quantitative estimate of drug-likeness (QED) is 0.266. The number of non-ortho nitro benzene ring substituents is 1. The number of halogens is 1. The molecular formula is C21H20ClN3O6S. The molecule has 9 nitrogen and oxygen atoms in total. The van der Waals surface area contributed by atoms with Crippen LogP contribution < -0.4 is 5.32 Å². The van der Waals surface area contributed by atoms with Crippen molar-refractivity contribution < 1.29 is 24.0 Å². The summed E-state index contributed by atoms with van der Waals surface area (Å²) in [6.07, 6.45) is 2.01. The highest BCUT2D eigenvalue weighted by molar-refractivity contribution is 8.00. The molecule has 11 heteroatoms. The predicted molar refractivity (Wildman–Crippen MR) is 120 cm³/mol. The van der Waals surface area contributed by atoms with Crippen molar-refractivity contribution in [2.24, 2.45) is 0 Å². The Bertz CT molecular complexity index is 1040. The van der Waals surface area contributed by atoms with Crippen molar-refractivity contribution in [1.82, 2.24) is 4.90 Å². The number of esters is 1. The van der Waals surface area contributed by atoms with Gasteiger partial charge in [-0.2, -0.15) is 0 Å². The molecule has 3 rings (SSSR count). The molecule has 1 aliphatic heterocycles. The van der Waals surface area contributed by atoms with Gasteiger partial charge in [0.25, 0.3) is 11.6 Å². The molecule has 2 aromatic carbocycles. The second-order valence-corrected chi connectivity index (χ2v) is 8.34. The van der Waals surface area contributed by atoms with Gasteiger partial charge in [-0.1, -0.05) is 23.7 Å². The van der Waals surface area contributed by atoms with Gasteiger partial charge in [0.15, 0.2) is 6.61 Å². The largest absolute Gasteiger partial charge is 0.452 e. The number of nitro benzene ring substituents is 1. The summed E-state index contributed by atoms with van der Waals surface area (Å²) in [5.74, 6) is -1.20. The fraction of sp³-hybridized carbons (Fsp3) is 0.286. The van der Waals surface area contributed by atoms with Gasteiger partial charge in [0.05, 0.1) is 26.9 Å². The van der Waals surface area contributed by atoms with Crippen LogP contribution in [0.2, 0.25) is 5.02 Å². The molecule has 1 aliphatic rings. The average Bonchev–Trinajstić information content (AvgIpc) is 3.32. The van der Waals surface area contributed by atoms with Crippen LogP contribution in [-0.4, -0.2) is 53.1 Å². The third kappa shape index (κ3) is 6.21. The summed E-state index contributed by atoms with van der Waals surface area (Å²) in [5, 5.41) is 13.4. The molecule has 1 heterocycles. The van der Waals surface area contributed by atoms with E-state index in [0.717, 1.165) is 32.0 Å². The number of carbonyl (C=O) groups is 3. The molecule has 1 N–H and O–H groups in total. The summed E-state index contributed by atoms with van der Waals surface area (Å²) in [6, 6.07) is 10.3. The lowest BCUT2D eigenvalue weighted by molar-refractivity contribution is -0.384. The van der Waals surface area contributed by atoms with Gasteiger partial charge in [0.1, 0.15) is 0 Å². The highest BCUT2D eigenvalue weighted by atomic mass is 35.5. The number of ether oxygens (including phenoxy) is 1. The summed E-state index contributed by atoms with van der Waals surface area (Å²) in [5.41, 5.74) is 0.0438. The molecule has 1 fully saturated rings. The summed E-state index contributed by atoms with van der Waals surface area (Å²) < 4.78 is 5.09. The number of benzene rings is 2. The van der Waals surface area contributed by atoms with Crippen LogP contribution in [0.5, 0.6) is 0 Å². The minimum atomic E-state index is -0.720. The van der Waals surface area contributed by atoms with Crippen LogP contribution in [0.3, 0.4) is 0 Å². The van der Waals surface area contributed by atoms with Crippen molar-refractivity contribution in [3.8, 4) is 0 Å². The van der Waals surface area contributed by atoms with Crippen molar-refractivity contribution in [2.75, 3.05) is 30.8 Å². The summed E-state index contributed by atoms with van der Waals surface area (Å²) in [4.78, 5) is 49.6. The Kier molecular flexibility index (Phi) is 8.07. The first-order chi connectivity index (χ1) is 15.3. The Morgan fingerprint density at radius 2 is 1.88 bits per heavy atom.